The molecule has 4 N–H and O–H groups in total. The van der Waals surface area contributed by atoms with Gasteiger partial charge in [0.15, 0.2) is 11.6 Å². The van der Waals surface area contributed by atoms with Gasteiger partial charge in [-0.1, -0.05) is 25.0 Å². The third kappa shape index (κ3) is 9.72. The molecule has 0 radical (unpaired) electrons. The second-order valence-corrected chi connectivity index (χ2v) is 24.7. The Bertz CT molecular complexity index is 3000. The fourth-order valence-corrected chi connectivity index (χ4v) is 16.4. The number of rotatable bonds is 12. The third-order valence-corrected chi connectivity index (χ3v) is 20.4. The van der Waals surface area contributed by atoms with Gasteiger partial charge in [-0.05, 0) is 168 Å². The van der Waals surface area contributed by atoms with Crippen LogP contribution in [-0.2, 0) is 19.1 Å². The smallest absolute Gasteiger partial charge is 0.407 e. The van der Waals surface area contributed by atoms with Crippen LogP contribution < -0.4 is 9.80 Å². The predicted octanol–water partition coefficient (Wildman–Crippen LogP) is 10.5. The van der Waals surface area contributed by atoms with E-state index >= 15 is 8.78 Å². The SMILES string of the molecule is CN(C(=O)O)[C@H](C(=O)N1[C@H](c2nc3cc([C@H]4CC[C@H](c5ccc6[nH]c([C@@H]7C[C@@H]8CCC[C@@H]8N7C(=O)[C@H](C7CCOCC7)N(C)C(=O)O)nc6c5)N4c4cc(F)c(N5CCCCC5)c(F)c4)ccc3[nH]2)C[C@@H]2CCC[C@@H]21)C1CCOCC1. The Morgan fingerprint density at radius 3 is 1.46 bits per heavy atom. The molecule has 3 aromatic carbocycles. The Labute approximate surface area is 470 Å². The van der Waals surface area contributed by atoms with Crippen molar-refractivity contribution in [2.75, 3.05) is 63.4 Å². The first-order valence-corrected chi connectivity index (χ1v) is 30.0. The van der Waals surface area contributed by atoms with E-state index in [1.807, 2.05) is 26.8 Å². The van der Waals surface area contributed by atoms with Gasteiger partial charge in [-0.15, -0.1) is 0 Å². The minimum Gasteiger partial charge on any atom is -0.465 e. The van der Waals surface area contributed by atoms with E-state index in [0.29, 0.717) is 106 Å². The molecule has 20 heteroatoms. The highest BCUT2D eigenvalue weighted by Gasteiger charge is 2.53. The number of H-pyrrole nitrogens is 2. The van der Waals surface area contributed by atoms with Crippen LogP contribution >= 0.6 is 0 Å². The summed E-state index contributed by atoms with van der Waals surface area (Å²) in [6.45, 7) is 3.11. The standard InChI is InChI=1S/C61H76F2N10O8/c1-68(60(76)77)53(34-18-24-80-25-19-34)58(74)72-47-10-6-8-36(47)30-51(72)56-64-43-14-12-38(28-45(43)66-56)49-16-17-50(71(49)40-32-41(62)55(42(63)33-40)70-22-4-3-5-23-70)39-13-15-44-46(29-39)67-57(65-44)52-31-37-9-7-11-48(37)73(52)59(75)54(69(2)61(78)79)35-20-26-81-27-21-35/h12-15,28-29,32-37,47-54H,3-11,16-27,30-31H2,1-2H3,(H,64,66)(H,65,67)(H,76,77)(H,78,79)/t36-,37-,47-,48-,49+,50+,51-,52-,53-,54-/m0/s1. The summed E-state index contributed by atoms with van der Waals surface area (Å²) >= 11 is 0. The fraction of sp³-hybridized carbons (Fsp3) is 0.607. The Balaban J connectivity index is 0.832. The molecule has 18 nitrogen and oxygen atoms in total. The van der Waals surface area contributed by atoms with Crippen molar-refractivity contribution in [2.24, 2.45) is 23.7 Å². The summed E-state index contributed by atoms with van der Waals surface area (Å²) in [5.41, 5.74) is 5.30. The molecule has 0 spiro atoms. The van der Waals surface area contributed by atoms with E-state index in [9.17, 15) is 29.4 Å². The Kier molecular flexibility index (Phi) is 14.6. The van der Waals surface area contributed by atoms with Crippen LogP contribution in [0.2, 0.25) is 0 Å². The first-order valence-electron chi connectivity index (χ1n) is 30.0. The van der Waals surface area contributed by atoms with Gasteiger partial charge in [-0.25, -0.2) is 28.3 Å². The first-order chi connectivity index (χ1) is 39.3. The normalized spacial score (nSPS) is 28.0. The average molecular weight is 1120 g/mol. The number of aromatic amines is 2. The lowest BCUT2D eigenvalue weighted by atomic mass is 9.89. The van der Waals surface area contributed by atoms with Gasteiger partial charge in [-0.2, -0.15) is 0 Å². The summed E-state index contributed by atoms with van der Waals surface area (Å²) in [5, 5.41) is 20.5. The van der Waals surface area contributed by atoms with Crippen molar-refractivity contribution >= 4 is 57.4 Å². The molecule has 8 fully saturated rings. The molecule has 13 rings (SSSR count). The lowest BCUT2D eigenvalue weighted by Crippen LogP contribution is -2.55. The minimum atomic E-state index is -1.13. The number of ether oxygens (including phenoxy) is 2. The van der Waals surface area contributed by atoms with E-state index in [2.05, 4.69) is 39.1 Å². The number of nitrogens with zero attached hydrogens (tertiary/aromatic N) is 8. The molecule has 4 amide bonds. The first kappa shape index (κ1) is 53.8. The number of carbonyl (C=O) groups excluding carboxylic acids is 2. The summed E-state index contributed by atoms with van der Waals surface area (Å²) in [4.78, 5) is 83.0. The number of benzene rings is 3. The van der Waals surface area contributed by atoms with Gasteiger partial charge < -0.3 is 49.3 Å². The molecule has 5 aromatic rings. The molecule has 6 aliphatic heterocycles. The van der Waals surface area contributed by atoms with Crippen molar-refractivity contribution in [3.05, 3.63) is 82.9 Å². The van der Waals surface area contributed by atoms with Crippen molar-refractivity contribution in [3.8, 4) is 0 Å². The second kappa shape index (κ2) is 22.0. The van der Waals surface area contributed by atoms with Gasteiger partial charge in [0.2, 0.25) is 11.8 Å². The molecule has 81 heavy (non-hydrogen) atoms. The zero-order valence-electron chi connectivity index (χ0n) is 46.5. The number of hydrogen-bond acceptors (Lipinski definition) is 10. The molecule has 2 aliphatic carbocycles. The van der Waals surface area contributed by atoms with Gasteiger partial charge in [0.1, 0.15) is 29.4 Å². The number of halogens is 2. The van der Waals surface area contributed by atoms with E-state index in [0.717, 1.165) is 92.8 Å². The van der Waals surface area contributed by atoms with Gasteiger partial charge in [0.05, 0.1) is 46.2 Å². The van der Waals surface area contributed by atoms with Gasteiger partial charge in [-0.3, -0.25) is 19.4 Å². The number of amides is 4. The average Bonchev–Trinajstić information content (AvgIpc) is 4.18. The summed E-state index contributed by atoms with van der Waals surface area (Å²) in [6, 6.07) is 12.2. The number of likely N-dealkylation sites (N-methyl/N-ethyl adjacent to an activating group) is 2. The van der Waals surface area contributed by atoms with Crippen LogP contribution in [0.3, 0.4) is 0 Å². The van der Waals surface area contributed by atoms with Crippen molar-refractivity contribution in [2.45, 2.75) is 157 Å². The molecule has 8 aliphatic rings. The topological polar surface area (TPSA) is 204 Å². The van der Waals surface area contributed by atoms with Crippen molar-refractivity contribution < 1.29 is 47.6 Å². The monoisotopic (exact) mass is 1110 g/mol. The summed E-state index contributed by atoms with van der Waals surface area (Å²) in [7, 11) is 3.01. The number of likely N-dealkylation sites (tertiary alicyclic amines) is 2. The van der Waals surface area contributed by atoms with Crippen LogP contribution in [0.4, 0.5) is 29.7 Å². The van der Waals surface area contributed by atoms with Crippen LogP contribution in [-0.4, -0.2) is 152 Å². The Morgan fingerprint density at radius 2 is 1.02 bits per heavy atom. The van der Waals surface area contributed by atoms with E-state index in [4.69, 9.17) is 19.4 Å². The number of hydrogen-bond donors (Lipinski definition) is 4. The molecule has 10 atom stereocenters. The molecule has 2 saturated carbocycles. The molecular formula is C61H76F2N10O8. The molecule has 6 saturated heterocycles. The maximum absolute atomic E-state index is 16.7. The summed E-state index contributed by atoms with van der Waals surface area (Å²) in [6.07, 6.45) is 11.4. The fourth-order valence-electron chi connectivity index (χ4n) is 16.4. The highest BCUT2D eigenvalue weighted by molar-refractivity contribution is 5.88. The molecule has 0 bridgehead atoms. The lowest BCUT2D eigenvalue weighted by Gasteiger charge is -2.39. The van der Waals surface area contributed by atoms with Gasteiger partial charge >= 0.3 is 12.2 Å². The Hall–Kier alpha value is -6.54. The van der Waals surface area contributed by atoms with Crippen LogP contribution in [0, 0.1) is 35.3 Å². The summed E-state index contributed by atoms with van der Waals surface area (Å²) in [5.74, 6) is 0.0173. The number of nitrogens with one attached hydrogen (secondary N) is 2. The van der Waals surface area contributed by atoms with Crippen molar-refractivity contribution in [1.29, 1.82) is 0 Å². The predicted molar refractivity (Wildman–Crippen MR) is 299 cm³/mol. The number of carboxylic acid groups (broad SMARTS) is 2. The maximum atomic E-state index is 16.7. The lowest BCUT2D eigenvalue weighted by molar-refractivity contribution is -0.143. The van der Waals surface area contributed by atoms with Crippen LogP contribution in [0.1, 0.15) is 156 Å². The summed E-state index contributed by atoms with van der Waals surface area (Å²) < 4.78 is 44.6. The van der Waals surface area contributed by atoms with Crippen LogP contribution in [0.15, 0.2) is 48.5 Å². The van der Waals surface area contributed by atoms with Crippen molar-refractivity contribution in [1.82, 2.24) is 39.5 Å². The maximum Gasteiger partial charge on any atom is 0.407 e. The number of aromatic nitrogens is 4. The largest absolute Gasteiger partial charge is 0.465 e. The number of imidazole rings is 2. The quantitative estimate of drug-likeness (QED) is 0.0922. The van der Waals surface area contributed by atoms with E-state index in [1.54, 1.807) is 0 Å². The van der Waals surface area contributed by atoms with Crippen molar-refractivity contribution in [3.63, 3.8) is 0 Å². The Morgan fingerprint density at radius 1 is 0.580 bits per heavy atom. The minimum absolute atomic E-state index is 0.0104. The molecule has 8 heterocycles. The molecule has 432 valence electrons. The number of carbonyl (C=O) groups is 4. The zero-order chi connectivity index (χ0) is 55.8. The van der Waals surface area contributed by atoms with Gasteiger partial charge in [0.25, 0.3) is 0 Å². The van der Waals surface area contributed by atoms with E-state index < -0.39 is 35.9 Å². The molecular weight excluding hydrogens is 1040 g/mol. The second-order valence-electron chi connectivity index (χ2n) is 24.7. The number of anilines is 2. The molecule has 0 unspecified atom stereocenters. The van der Waals surface area contributed by atoms with Gasteiger partial charge in [0, 0.05) is 71.4 Å². The van der Waals surface area contributed by atoms with E-state index in [-0.39, 0.29) is 77.4 Å². The third-order valence-electron chi connectivity index (χ3n) is 20.4. The van der Waals surface area contributed by atoms with Crippen LogP contribution in [0.5, 0.6) is 0 Å². The molecule has 2 aromatic heterocycles. The highest BCUT2D eigenvalue weighted by Crippen LogP contribution is 2.52. The number of piperidine rings is 1. The number of fused-ring (bicyclic) bond motifs is 4. The zero-order valence-corrected chi connectivity index (χ0v) is 46.5. The van der Waals surface area contributed by atoms with Crippen LogP contribution in [0.25, 0.3) is 22.1 Å². The van der Waals surface area contributed by atoms with E-state index in [1.165, 1.54) is 36.0 Å². The highest BCUT2D eigenvalue weighted by atomic mass is 19.1.